The Morgan fingerprint density at radius 1 is 1.61 bits per heavy atom. The lowest BCUT2D eigenvalue weighted by Crippen LogP contribution is -2.31. The molecule has 1 aromatic rings. The standard InChI is InChI=1S/C10H12FN3O4/c1-6-4-9(18-3-2-10(15)13-12)7(11)5-8(6)14(16)17/h4-5H,2-3,12H2,1H3,(H,13,15). The fourth-order valence-corrected chi connectivity index (χ4v) is 1.28. The molecule has 0 bridgehead atoms. The Morgan fingerprint density at radius 2 is 2.28 bits per heavy atom. The summed E-state index contributed by atoms with van der Waals surface area (Å²) in [4.78, 5) is 20.7. The second kappa shape index (κ2) is 5.92. The molecule has 1 aromatic carbocycles. The Bertz CT molecular complexity index is 478. The Hall–Kier alpha value is -2.22. The second-order valence-electron chi connectivity index (χ2n) is 3.49. The van der Waals surface area contributed by atoms with Crippen molar-refractivity contribution < 1.29 is 18.8 Å². The zero-order valence-corrected chi connectivity index (χ0v) is 9.60. The Balaban J connectivity index is 2.76. The van der Waals surface area contributed by atoms with Crippen LogP contribution < -0.4 is 16.0 Å². The third-order valence-electron chi connectivity index (χ3n) is 2.19. The van der Waals surface area contributed by atoms with E-state index >= 15 is 0 Å². The first-order chi connectivity index (χ1) is 8.45. The van der Waals surface area contributed by atoms with Crippen molar-refractivity contribution in [3.63, 3.8) is 0 Å². The molecular weight excluding hydrogens is 245 g/mol. The van der Waals surface area contributed by atoms with Crippen LogP contribution in [-0.2, 0) is 4.79 Å². The minimum atomic E-state index is -0.847. The van der Waals surface area contributed by atoms with Crippen LogP contribution in [0.4, 0.5) is 10.1 Å². The number of nitrogens with one attached hydrogen (secondary N) is 1. The summed E-state index contributed by atoms with van der Waals surface area (Å²) < 4.78 is 18.5. The van der Waals surface area contributed by atoms with Crippen molar-refractivity contribution in [3.05, 3.63) is 33.6 Å². The molecule has 0 spiro atoms. The zero-order chi connectivity index (χ0) is 13.7. The molecule has 0 aromatic heterocycles. The summed E-state index contributed by atoms with van der Waals surface area (Å²) in [6.45, 7) is 1.40. The SMILES string of the molecule is Cc1cc(OCCC(=O)NN)c(F)cc1[N+](=O)[O-]. The number of carbonyl (C=O) groups is 1. The predicted molar refractivity (Wildman–Crippen MR) is 60.2 cm³/mol. The maximum Gasteiger partial charge on any atom is 0.275 e. The highest BCUT2D eigenvalue weighted by atomic mass is 19.1. The van der Waals surface area contributed by atoms with Crippen LogP contribution in [0.5, 0.6) is 5.75 Å². The molecule has 0 aliphatic rings. The number of hydrogen-bond acceptors (Lipinski definition) is 5. The van der Waals surface area contributed by atoms with Crippen LogP contribution in [0.3, 0.4) is 0 Å². The van der Waals surface area contributed by atoms with Crippen LogP contribution in [-0.4, -0.2) is 17.4 Å². The van der Waals surface area contributed by atoms with E-state index in [4.69, 9.17) is 10.6 Å². The van der Waals surface area contributed by atoms with Gasteiger partial charge in [0.05, 0.1) is 24.0 Å². The van der Waals surface area contributed by atoms with Gasteiger partial charge in [0.15, 0.2) is 11.6 Å². The lowest BCUT2D eigenvalue weighted by atomic mass is 10.2. The van der Waals surface area contributed by atoms with Gasteiger partial charge in [-0.05, 0) is 13.0 Å². The molecule has 0 saturated carbocycles. The van der Waals surface area contributed by atoms with Crippen LogP contribution in [0.2, 0.25) is 0 Å². The minimum Gasteiger partial charge on any atom is -0.490 e. The highest BCUT2D eigenvalue weighted by Gasteiger charge is 2.16. The number of ether oxygens (including phenoxy) is 1. The first kappa shape index (κ1) is 13.8. The molecule has 0 fully saturated rings. The number of halogens is 1. The number of hydrogen-bond donors (Lipinski definition) is 2. The first-order valence-corrected chi connectivity index (χ1v) is 5.02. The number of nitrogens with two attached hydrogens (primary N) is 1. The topological polar surface area (TPSA) is 107 Å². The largest absolute Gasteiger partial charge is 0.490 e. The number of rotatable bonds is 5. The van der Waals surface area contributed by atoms with Crippen molar-refractivity contribution >= 4 is 11.6 Å². The van der Waals surface area contributed by atoms with Gasteiger partial charge in [0.2, 0.25) is 5.91 Å². The summed E-state index contributed by atoms with van der Waals surface area (Å²) in [5.41, 5.74) is 1.86. The lowest BCUT2D eigenvalue weighted by Gasteiger charge is -2.07. The normalized spacial score (nSPS) is 9.94. The molecule has 18 heavy (non-hydrogen) atoms. The third-order valence-corrected chi connectivity index (χ3v) is 2.19. The van der Waals surface area contributed by atoms with Crippen molar-refractivity contribution in [2.24, 2.45) is 5.84 Å². The number of hydrazine groups is 1. The third kappa shape index (κ3) is 3.39. The smallest absolute Gasteiger partial charge is 0.275 e. The monoisotopic (exact) mass is 257 g/mol. The molecule has 0 aliphatic carbocycles. The molecule has 0 heterocycles. The van der Waals surface area contributed by atoms with Gasteiger partial charge in [-0.1, -0.05) is 0 Å². The van der Waals surface area contributed by atoms with Gasteiger partial charge >= 0.3 is 0 Å². The average molecular weight is 257 g/mol. The van der Waals surface area contributed by atoms with E-state index in [0.717, 1.165) is 6.07 Å². The number of nitro groups is 1. The number of amides is 1. The van der Waals surface area contributed by atoms with Crippen molar-refractivity contribution in [2.75, 3.05) is 6.61 Å². The van der Waals surface area contributed by atoms with Crippen LogP contribution in [0.25, 0.3) is 0 Å². The summed E-state index contributed by atoms with van der Waals surface area (Å²) in [5.74, 6) is 3.42. The highest BCUT2D eigenvalue weighted by molar-refractivity contribution is 5.75. The van der Waals surface area contributed by atoms with Gasteiger partial charge in [0, 0.05) is 5.56 Å². The van der Waals surface area contributed by atoms with Gasteiger partial charge in [-0.2, -0.15) is 0 Å². The van der Waals surface area contributed by atoms with E-state index in [-0.39, 0.29) is 30.0 Å². The molecule has 0 unspecified atom stereocenters. The van der Waals surface area contributed by atoms with Gasteiger partial charge in [0.25, 0.3) is 5.69 Å². The maximum absolute atomic E-state index is 13.4. The summed E-state index contributed by atoms with van der Waals surface area (Å²) >= 11 is 0. The second-order valence-corrected chi connectivity index (χ2v) is 3.49. The minimum absolute atomic E-state index is 0.0357. The van der Waals surface area contributed by atoms with Gasteiger partial charge in [0.1, 0.15) is 0 Å². The van der Waals surface area contributed by atoms with E-state index in [1.807, 2.05) is 5.43 Å². The summed E-state index contributed by atoms with van der Waals surface area (Å²) in [6, 6.07) is 2.00. The van der Waals surface area contributed by atoms with Crippen LogP contribution in [0.15, 0.2) is 12.1 Å². The van der Waals surface area contributed by atoms with Crippen molar-refractivity contribution in [1.29, 1.82) is 0 Å². The lowest BCUT2D eigenvalue weighted by molar-refractivity contribution is -0.385. The molecule has 8 heteroatoms. The molecular formula is C10H12FN3O4. The highest BCUT2D eigenvalue weighted by Crippen LogP contribution is 2.26. The van der Waals surface area contributed by atoms with Gasteiger partial charge in [-0.25, -0.2) is 10.2 Å². The predicted octanol–water partition coefficient (Wildman–Crippen LogP) is 0.801. The Kier molecular flexibility index (Phi) is 4.55. The van der Waals surface area contributed by atoms with Crippen molar-refractivity contribution in [1.82, 2.24) is 5.43 Å². The quantitative estimate of drug-likeness (QED) is 0.351. The van der Waals surface area contributed by atoms with Crippen molar-refractivity contribution in [2.45, 2.75) is 13.3 Å². The molecule has 7 nitrogen and oxygen atoms in total. The molecule has 0 atom stereocenters. The molecule has 1 amide bonds. The van der Waals surface area contributed by atoms with Crippen molar-refractivity contribution in [3.8, 4) is 5.75 Å². The number of benzene rings is 1. The van der Waals surface area contributed by atoms with Gasteiger partial charge < -0.3 is 4.74 Å². The number of carbonyl (C=O) groups excluding carboxylic acids is 1. The molecule has 1 rings (SSSR count). The van der Waals surface area contributed by atoms with E-state index in [1.165, 1.54) is 13.0 Å². The Morgan fingerprint density at radius 3 is 2.83 bits per heavy atom. The molecule has 3 N–H and O–H groups in total. The van der Waals surface area contributed by atoms with Gasteiger partial charge in [-0.15, -0.1) is 0 Å². The van der Waals surface area contributed by atoms with Crippen LogP contribution in [0, 0.1) is 22.9 Å². The average Bonchev–Trinajstić information content (AvgIpc) is 2.32. The van der Waals surface area contributed by atoms with Crippen LogP contribution >= 0.6 is 0 Å². The van der Waals surface area contributed by atoms with Gasteiger partial charge in [-0.3, -0.25) is 20.3 Å². The van der Waals surface area contributed by atoms with E-state index in [2.05, 4.69) is 0 Å². The Labute approximate surface area is 102 Å². The molecule has 0 radical (unpaired) electrons. The number of aryl methyl sites for hydroxylation is 1. The molecule has 0 aliphatic heterocycles. The van der Waals surface area contributed by atoms with E-state index in [1.54, 1.807) is 0 Å². The summed E-state index contributed by atoms with van der Waals surface area (Å²) in [6.07, 6.45) is -0.0357. The van der Waals surface area contributed by atoms with E-state index in [0.29, 0.717) is 0 Å². The molecule has 98 valence electrons. The maximum atomic E-state index is 13.4. The summed E-state index contributed by atoms with van der Waals surface area (Å²) in [5, 5.41) is 10.6. The zero-order valence-electron chi connectivity index (χ0n) is 9.60. The number of nitro benzene ring substituents is 1. The summed E-state index contributed by atoms with van der Waals surface area (Å²) in [7, 11) is 0. The number of nitrogens with zero attached hydrogens (tertiary/aromatic N) is 1. The fraction of sp³-hybridized carbons (Fsp3) is 0.300. The fourth-order valence-electron chi connectivity index (χ4n) is 1.28. The van der Waals surface area contributed by atoms with E-state index in [9.17, 15) is 19.3 Å². The van der Waals surface area contributed by atoms with Crippen LogP contribution in [0.1, 0.15) is 12.0 Å². The molecule has 0 saturated heterocycles. The first-order valence-electron chi connectivity index (χ1n) is 5.02. The van der Waals surface area contributed by atoms with E-state index < -0.39 is 16.6 Å².